The fraction of sp³-hybridized carbons (Fsp3) is 0.750. The van der Waals surface area contributed by atoms with Crippen LogP contribution in [0.4, 0.5) is 0 Å². The lowest BCUT2D eigenvalue weighted by Gasteiger charge is -2.24. The molecule has 0 aliphatic heterocycles. The molecule has 0 amide bonds. The minimum absolute atomic E-state index is 1.00. The zero-order valence-electron chi connectivity index (χ0n) is 7.89. The standard InChI is InChI=1S/C8H18O2Si/c1-5-8-10-11(6-2,7-3)9-4/h5,8H,6-7H2,1-4H3. The quantitative estimate of drug-likeness (QED) is 0.471. The molecule has 0 aromatic rings. The summed E-state index contributed by atoms with van der Waals surface area (Å²) in [6.07, 6.45) is 3.63. The van der Waals surface area contributed by atoms with E-state index < -0.39 is 8.56 Å². The van der Waals surface area contributed by atoms with Gasteiger partial charge in [-0.2, -0.15) is 0 Å². The second-order valence-corrected chi connectivity index (χ2v) is 6.29. The average molecular weight is 174 g/mol. The van der Waals surface area contributed by atoms with Crippen molar-refractivity contribution < 1.29 is 8.85 Å². The molecule has 0 aromatic carbocycles. The first kappa shape index (κ1) is 10.7. The molecule has 0 fully saturated rings. The lowest BCUT2D eigenvalue weighted by atomic mass is 10.8. The first-order chi connectivity index (χ1) is 5.24. The summed E-state index contributed by atoms with van der Waals surface area (Å²) in [5.41, 5.74) is 0. The van der Waals surface area contributed by atoms with Crippen LogP contribution in [0.25, 0.3) is 0 Å². The molecule has 0 saturated carbocycles. The van der Waals surface area contributed by atoms with Gasteiger partial charge in [-0.3, -0.25) is 0 Å². The molecule has 0 heterocycles. The fourth-order valence-electron chi connectivity index (χ4n) is 0.945. The van der Waals surface area contributed by atoms with E-state index in [0.717, 1.165) is 12.1 Å². The minimum Gasteiger partial charge on any atom is -0.527 e. The molecule has 66 valence electrons. The third-order valence-electron chi connectivity index (χ3n) is 1.87. The van der Waals surface area contributed by atoms with Crippen LogP contribution >= 0.6 is 0 Å². The van der Waals surface area contributed by atoms with E-state index in [1.165, 1.54) is 0 Å². The second kappa shape index (κ2) is 5.38. The molecule has 0 saturated heterocycles. The molecule has 0 radical (unpaired) electrons. The lowest BCUT2D eigenvalue weighted by molar-refractivity contribution is 0.271. The maximum absolute atomic E-state index is 5.56. The molecule has 3 heteroatoms. The van der Waals surface area contributed by atoms with Crippen molar-refractivity contribution in [2.45, 2.75) is 32.9 Å². The van der Waals surface area contributed by atoms with Gasteiger partial charge in [-0.05, 0) is 19.0 Å². The van der Waals surface area contributed by atoms with Crippen LogP contribution in [0.15, 0.2) is 12.3 Å². The van der Waals surface area contributed by atoms with E-state index >= 15 is 0 Å². The van der Waals surface area contributed by atoms with Gasteiger partial charge >= 0.3 is 8.56 Å². The van der Waals surface area contributed by atoms with E-state index in [1.54, 1.807) is 13.4 Å². The van der Waals surface area contributed by atoms with Crippen LogP contribution in [0.5, 0.6) is 0 Å². The molecule has 0 aliphatic carbocycles. The van der Waals surface area contributed by atoms with Crippen molar-refractivity contribution >= 4 is 8.56 Å². The van der Waals surface area contributed by atoms with Crippen molar-refractivity contribution in [3.63, 3.8) is 0 Å². The number of allylic oxidation sites excluding steroid dienone is 1. The number of hydrogen-bond donors (Lipinski definition) is 0. The van der Waals surface area contributed by atoms with Crippen molar-refractivity contribution in [1.29, 1.82) is 0 Å². The summed E-state index contributed by atoms with van der Waals surface area (Å²) >= 11 is 0. The predicted molar refractivity (Wildman–Crippen MR) is 49.6 cm³/mol. The third kappa shape index (κ3) is 3.08. The third-order valence-corrected chi connectivity index (χ3v) is 5.33. The molecule has 0 bridgehead atoms. The van der Waals surface area contributed by atoms with Crippen molar-refractivity contribution in [3.8, 4) is 0 Å². The van der Waals surface area contributed by atoms with Crippen molar-refractivity contribution in [2.24, 2.45) is 0 Å². The topological polar surface area (TPSA) is 18.5 Å². The van der Waals surface area contributed by atoms with Gasteiger partial charge in [-0.1, -0.05) is 19.9 Å². The molecule has 0 aromatic heterocycles. The van der Waals surface area contributed by atoms with Crippen LogP contribution in [0.2, 0.25) is 12.1 Å². The highest BCUT2D eigenvalue weighted by Gasteiger charge is 2.32. The van der Waals surface area contributed by atoms with Gasteiger partial charge in [0, 0.05) is 7.11 Å². The largest absolute Gasteiger partial charge is 0.527 e. The highest BCUT2D eigenvalue weighted by molar-refractivity contribution is 6.67. The molecule has 11 heavy (non-hydrogen) atoms. The first-order valence-corrected chi connectivity index (χ1v) is 6.31. The zero-order valence-corrected chi connectivity index (χ0v) is 8.89. The molecular weight excluding hydrogens is 156 g/mol. The summed E-state index contributed by atoms with van der Waals surface area (Å²) in [5.74, 6) is 0. The highest BCUT2D eigenvalue weighted by Crippen LogP contribution is 2.17. The van der Waals surface area contributed by atoms with Crippen LogP contribution in [-0.4, -0.2) is 15.7 Å². The molecule has 2 nitrogen and oxygen atoms in total. The monoisotopic (exact) mass is 174 g/mol. The maximum atomic E-state index is 5.56. The van der Waals surface area contributed by atoms with Crippen LogP contribution in [0.3, 0.4) is 0 Å². The molecule has 0 aliphatic rings. The van der Waals surface area contributed by atoms with Gasteiger partial charge in [0.1, 0.15) is 0 Å². The van der Waals surface area contributed by atoms with Gasteiger partial charge < -0.3 is 8.85 Å². The molecule has 0 rings (SSSR count). The molecule has 0 unspecified atom stereocenters. The van der Waals surface area contributed by atoms with E-state index in [0.29, 0.717) is 0 Å². The van der Waals surface area contributed by atoms with Crippen LogP contribution in [0.1, 0.15) is 20.8 Å². The van der Waals surface area contributed by atoms with E-state index in [9.17, 15) is 0 Å². The van der Waals surface area contributed by atoms with Crippen molar-refractivity contribution in [3.05, 3.63) is 12.3 Å². The van der Waals surface area contributed by atoms with Gasteiger partial charge in [0.15, 0.2) is 0 Å². The first-order valence-electron chi connectivity index (χ1n) is 4.08. The summed E-state index contributed by atoms with van der Waals surface area (Å²) in [4.78, 5) is 0. The van der Waals surface area contributed by atoms with E-state index in [4.69, 9.17) is 8.85 Å². The minimum atomic E-state index is -1.83. The Balaban J connectivity index is 4.04. The Morgan fingerprint density at radius 3 is 2.09 bits per heavy atom. The summed E-state index contributed by atoms with van der Waals surface area (Å²) in [5, 5.41) is 0. The highest BCUT2D eigenvalue weighted by atomic mass is 28.4. The number of rotatable bonds is 5. The summed E-state index contributed by atoms with van der Waals surface area (Å²) < 4.78 is 11.0. The van der Waals surface area contributed by atoms with Crippen molar-refractivity contribution in [1.82, 2.24) is 0 Å². The van der Waals surface area contributed by atoms with Crippen molar-refractivity contribution in [2.75, 3.05) is 7.11 Å². The smallest absolute Gasteiger partial charge is 0.397 e. The van der Waals surface area contributed by atoms with Gasteiger partial charge in [0.2, 0.25) is 0 Å². The molecule has 0 spiro atoms. The van der Waals surface area contributed by atoms with Gasteiger partial charge in [-0.15, -0.1) is 0 Å². The van der Waals surface area contributed by atoms with Gasteiger partial charge in [0.25, 0.3) is 0 Å². The Kier molecular flexibility index (Phi) is 5.24. The predicted octanol–water partition coefficient (Wildman–Crippen LogP) is 2.67. The van der Waals surface area contributed by atoms with Gasteiger partial charge in [-0.25, -0.2) is 0 Å². The summed E-state index contributed by atoms with van der Waals surface area (Å²) in [6, 6.07) is 2.01. The average Bonchev–Trinajstić information content (AvgIpc) is 2.08. The van der Waals surface area contributed by atoms with Crippen LogP contribution in [0, 0.1) is 0 Å². The van der Waals surface area contributed by atoms with E-state index in [1.807, 2.05) is 13.0 Å². The van der Waals surface area contributed by atoms with Gasteiger partial charge in [0.05, 0.1) is 6.26 Å². The Morgan fingerprint density at radius 2 is 1.82 bits per heavy atom. The van der Waals surface area contributed by atoms with E-state index in [-0.39, 0.29) is 0 Å². The fourth-order valence-corrected chi connectivity index (χ4v) is 2.84. The summed E-state index contributed by atoms with van der Waals surface area (Å²) in [6.45, 7) is 6.17. The lowest BCUT2D eigenvalue weighted by Crippen LogP contribution is -2.37. The maximum Gasteiger partial charge on any atom is 0.397 e. The Morgan fingerprint density at radius 1 is 1.27 bits per heavy atom. The SMILES string of the molecule is CC=CO[Si](CC)(CC)OC. The summed E-state index contributed by atoms with van der Waals surface area (Å²) in [7, 11) is -0.0864. The Bertz CT molecular complexity index is 111. The van der Waals surface area contributed by atoms with E-state index in [2.05, 4.69) is 13.8 Å². The Labute approximate surface area is 70.5 Å². The molecule has 0 atom stereocenters. The molecule has 0 N–H and O–H groups in total. The molecular formula is C8H18O2Si. The van der Waals surface area contributed by atoms with Crippen LogP contribution in [-0.2, 0) is 8.85 Å². The van der Waals surface area contributed by atoms with Crippen LogP contribution < -0.4 is 0 Å². The Hall–Kier alpha value is -0.283. The number of hydrogen-bond acceptors (Lipinski definition) is 2. The zero-order chi connectivity index (χ0) is 8.74. The normalized spacial score (nSPS) is 12.4. The second-order valence-electron chi connectivity index (χ2n) is 2.41.